The second-order valence-corrected chi connectivity index (χ2v) is 4.45. The predicted octanol–water partition coefficient (Wildman–Crippen LogP) is 1.57. The summed E-state index contributed by atoms with van der Waals surface area (Å²) in [5.74, 6) is -0.756. The van der Waals surface area contributed by atoms with Crippen molar-refractivity contribution in [1.29, 1.82) is 0 Å². The molecule has 0 radical (unpaired) electrons. The van der Waals surface area contributed by atoms with Gasteiger partial charge >= 0.3 is 0 Å². The fourth-order valence-electron chi connectivity index (χ4n) is 2.19. The third kappa shape index (κ3) is 2.02. The Morgan fingerprint density at radius 3 is 2.83 bits per heavy atom. The summed E-state index contributed by atoms with van der Waals surface area (Å²) in [5.41, 5.74) is 1.00. The molecule has 0 N–H and O–H groups in total. The van der Waals surface area contributed by atoms with E-state index in [-0.39, 0.29) is 6.10 Å². The van der Waals surface area contributed by atoms with Gasteiger partial charge in [0.15, 0.2) is 0 Å². The number of rotatable bonds is 3. The highest BCUT2D eigenvalue weighted by molar-refractivity contribution is 5.21. The molecule has 3 rings (SSSR count). The lowest BCUT2D eigenvalue weighted by atomic mass is 10.1. The molecule has 5 heteroatoms. The minimum absolute atomic E-state index is 0.0775. The van der Waals surface area contributed by atoms with Crippen molar-refractivity contribution in [2.75, 3.05) is 6.61 Å². The van der Waals surface area contributed by atoms with Crippen LogP contribution in [0.4, 0.5) is 0 Å². The Balaban J connectivity index is 1.94. The first-order chi connectivity index (χ1) is 8.78. The molecule has 1 fully saturated rings. The molecule has 1 saturated heterocycles. The van der Waals surface area contributed by atoms with E-state index in [4.69, 9.17) is 9.47 Å². The van der Waals surface area contributed by atoms with Crippen LogP contribution in [-0.4, -0.2) is 27.5 Å². The Hall–Kier alpha value is -1.72. The van der Waals surface area contributed by atoms with Crippen LogP contribution >= 0.6 is 0 Å². The van der Waals surface area contributed by atoms with Crippen molar-refractivity contribution < 1.29 is 9.47 Å². The van der Waals surface area contributed by atoms with Crippen LogP contribution in [0.15, 0.2) is 43.0 Å². The molecule has 0 amide bonds. The molecular formula is C13H15N3O2. The van der Waals surface area contributed by atoms with Crippen molar-refractivity contribution in [1.82, 2.24) is 14.8 Å². The number of hydrogen-bond donors (Lipinski definition) is 0. The van der Waals surface area contributed by atoms with E-state index in [1.807, 2.05) is 37.3 Å². The SMILES string of the molecule is CC1COC(Cn2cncn2)(c2ccccc2)O1. The second-order valence-electron chi connectivity index (χ2n) is 4.45. The fourth-order valence-corrected chi connectivity index (χ4v) is 2.19. The molecule has 2 atom stereocenters. The third-order valence-electron chi connectivity index (χ3n) is 2.99. The van der Waals surface area contributed by atoms with Crippen LogP contribution in [-0.2, 0) is 21.8 Å². The highest BCUT2D eigenvalue weighted by Gasteiger charge is 2.42. The van der Waals surface area contributed by atoms with Crippen molar-refractivity contribution in [2.45, 2.75) is 25.4 Å². The van der Waals surface area contributed by atoms with Gasteiger partial charge in [-0.1, -0.05) is 30.3 Å². The number of ether oxygens (including phenoxy) is 2. The summed E-state index contributed by atoms with van der Waals surface area (Å²) in [4.78, 5) is 3.95. The molecular weight excluding hydrogens is 230 g/mol. The topological polar surface area (TPSA) is 49.2 Å². The number of nitrogens with zero attached hydrogens (tertiary/aromatic N) is 3. The number of benzene rings is 1. The van der Waals surface area contributed by atoms with Gasteiger partial charge in [-0.3, -0.25) is 0 Å². The quantitative estimate of drug-likeness (QED) is 0.823. The summed E-state index contributed by atoms with van der Waals surface area (Å²) < 4.78 is 13.6. The molecule has 5 nitrogen and oxygen atoms in total. The van der Waals surface area contributed by atoms with Gasteiger partial charge in [0.1, 0.15) is 19.2 Å². The largest absolute Gasteiger partial charge is 0.342 e. The standard InChI is InChI=1S/C13H15N3O2/c1-11-7-17-13(18-11,8-16-10-14-9-15-16)12-5-3-2-4-6-12/h2-6,9-11H,7-8H2,1H3. The van der Waals surface area contributed by atoms with E-state index in [9.17, 15) is 0 Å². The van der Waals surface area contributed by atoms with Crippen molar-refractivity contribution in [2.24, 2.45) is 0 Å². The molecule has 0 saturated carbocycles. The zero-order chi connectivity index (χ0) is 12.4. The van der Waals surface area contributed by atoms with E-state index < -0.39 is 5.79 Å². The summed E-state index contributed by atoms with van der Waals surface area (Å²) in [7, 11) is 0. The molecule has 1 aliphatic rings. The average Bonchev–Trinajstić information content (AvgIpc) is 3.02. The minimum atomic E-state index is -0.756. The van der Waals surface area contributed by atoms with Crippen LogP contribution in [0, 0.1) is 0 Å². The van der Waals surface area contributed by atoms with E-state index >= 15 is 0 Å². The molecule has 2 aromatic rings. The number of aromatic nitrogens is 3. The molecule has 1 aromatic heterocycles. The average molecular weight is 245 g/mol. The monoisotopic (exact) mass is 245 g/mol. The summed E-state index contributed by atoms with van der Waals surface area (Å²) >= 11 is 0. The second kappa shape index (κ2) is 4.51. The van der Waals surface area contributed by atoms with Crippen LogP contribution in [0.5, 0.6) is 0 Å². The lowest BCUT2D eigenvalue weighted by Gasteiger charge is -2.28. The van der Waals surface area contributed by atoms with Crippen LogP contribution in [0.1, 0.15) is 12.5 Å². The molecule has 18 heavy (non-hydrogen) atoms. The molecule has 0 bridgehead atoms. The maximum Gasteiger partial charge on any atom is 0.215 e. The van der Waals surface area contributed by atoms with Gasteiger partial charge in [0, 0.05) is 5.56 Å². The van der Waals surface area contributed by atoms with E-state index in [1.165, 1.54) is 6.33 Å². The smallest absolute Gasteiger partial charge is 0.215 e. The Kier molecular flexibility index (Phi) is 2.85. The Labute approximate surface area is 105 Å². The van der Waals surface area contributed by atoms with Crippen LogP contribution < -0.4 is 0 Å². The van der Waals surface area contributed by atoms with Gasteiger partial charge in [0.2, 0.25) is 5.79 Å². The molecule has 94 valence electrons. The first-order valence-electron chi connectivity index (χ1n) is 5.98. The van der Waals surface area contributed by atoms with Gasteiger partial charge in [0.05, 0.1) is 12.7 Å². The van der Waals surface area contributed by atoms with Crippen molar-refractivity contribution >= 4 is 0 Å². The Morgan fingerprint density at radius 2 is 2.22 bits per heavy atom. The molecule has 0 aliphatic carbocycles. The Bertz CT molecular complexity index is 500. The molecule has 2 heterocycles. The first kappa shape index (κ1) is 11.4. The fraction of sp³-hybridized carbons (Fsp3) is 0.385. The van der Waals surface area contributed by atoms with Gasteiger partial charge in [-0.15, -0.1) is 0 Å². The van der Waals surface area contributed by atoms with Gasteiger partial charge in [-0.05, 0) is 6.92 Å². The normalized spacial score (nSPS) is 27.5. The summed E-state index contributed by atoms with van der Waals surface area (Å²) in [6, 6.07) is 9.96. The molecule has 1 aromatic carbocycles. The lowest BCUT2D eigenvalue weighted by Crippen LogP contribution is -2.33. The van der Waals surface area contributed by atoms with E-state index in [1.54, 1.807) is 11.0 Å². The molecule has 0 spiro atoms. The van der Waals surface area contributed by atoms with E-state index in [0.717, 1.165) is 5.56 Å². The zero-order valence-electron chi connectivity index (χ0n) is 10.2. The van der Waals surface area contributed by atoms with Crippen molar-refractivity contribution in [3.05, 3.63) is 48.5 Å². The van der Waals surface area contributed by atoms with Gasteiger partial charge in [-0.2, -0.15) is 5.10 Å². The zero-order valence-corrected chi connectivity index (χ0v) is 10.2. The van der Waals surface area contributed by atoms with Crippen LogP contribution in [0.25, 0.3) is 0 Å². The van der Waals surface area contributed by atoms with Crippen LogP contribution in [0.2, 0.25) is 0 Å². The van der Waals surface area contributed by atoms with Crippen LogP contribution in [0.3, 0.4) is 0 Å². The van der Waals surface area contributed by atoms with Crippen molar-refractivity contribution in [3.63, 3.8) is 0 Å². The highest BCUT2D eigenvalue weighted by atomic mass is 16.7. The first-order valence-corrected chi connectivity index (χ1v) is 5.98. The highest BCUT2D eigenvalue weighted by Crippen LogP contribution is 2.35. The lowest BCUT2D eigenvalue weighted by molar-refractivity contribution is -0.186. The van der Waals surface area contributed by atoms with Crippen molar-refractivity contribution in [3.8, 4) is 0 Å². The summed E-state index contributed by atoms with van der Waals surface area (Å²) in [5, 5.41) is 4.12. The van der Waals surface area contributed by atoms with E-state index in [2.05, 4.69) is 10.1 Å². The van der Waals surface area contributed by atoms with Gasteiger partial charge < -0.3 is 9.47 Å². The maximum atomic E-state index is 6.00. The number of hydrogen-bond acceptors (Lipinski definition) is 4. The maximum absolute atomic E-state index is 6.00. The van der Waals surface area contributed by atoms with E-state index in [0.29, 0.717) is 13.2 Å². The third-order valence-corrected chi connectivity index (χ3v) is 2.99. The summed E-state index contributed by atoms with van der Waals surface area (Å²) in [6.45, 7) is 3.09. The molecule has 1 aliphatic heterocycles. The molecule has 2 unspecified atom stereocenters. The summed E-state index contributed by atoms with van der Waals surface area (Å²) in [6.07, 6.45) is 3.26. The predicted molar refractivity (Wildman–Crippen MR) is 64.6 cm³/mol. The minimum Gasteiger partial charge on any atom is -0.342 e. The Morgan fingerprint density at radius 1 is 1.39 bits per heavy atom. The van der Waals surface area contributed by atoms with Gasteiger partial charge in [0.25, 0.3) is 0 Å². The van der Waals surface area contributed by atoms with Gasteiger partial charge in [-0.25, -0.2) is 9.67 Å².